The monoisotopic (exact) mass is 389 g/mol. The van der Waals surface area contributed by atoms with E-state index in [2.05, 4.69) is 5.32 Å². The molecule has 3 aromatic heterocycles. The van der Waals surface area contributed by atoms with Crippen LogP contribution in [0.1, 0.15) is 17.3 Å². The average Bonchev–Trinajstić information content (AvgIpc) is 3.24. The molecule has 3 aromatic rings. The largest absolute Gasteiger partial charge is 0.503 e. The van der Waals surface area contributed by atoms with Crippen molar-refractivity contribution in [3.8, 4) is 16.2 Å². The summed E-state index contributed by atoms with van der Waals surface area (Å²) >= 11 is 2.80. The Bertz CT molecular complexity index is 919. The molecule has 0 saturated carbocycles. The van der Waals surface area contributed by atoms with E-state index in [9.17, 15) is 14.7 Å². The maximum atomic E-state index is 12.4. The number of esters is 1. The van der Waals surface area contributed by atoms with Gasteiger partial charge in [0.05, 0.1) is 6.61 Å². The van der Waals surface area contributed by atoms with Gasteiger partial charge in [0.25, 0.3) is 5.91 Å². The van der Waals surface area contributed by atoms with Crippen LogP contribution in [0, 0.1) is 0 Å². The molecule has 6 nitrogen and oxygen atoms in total. The van der Waals surface area contributed by atoms with Crippen molar-refractivity contribution in [1.29, 1.82) is 0 Å². The third-order valence-corrected chi connectivity index (χ3v) is 5.28. The number of aromatic nitrogens is 1. The Labute approximate surface area is 158 Å². The topological polar surface area (TPSA) is 79.5 Å². The molecule has 3 rings (SSSR count). The maximum absolute atomic E-state index is 12.4. The van der Waals surface area contributed by atoms with Gasteiger partial charge in [-0.25, -0.2) is 4.79 Å². The highest BCUT2D eigenvalue weighted by Gasteiger charge is 2.24. The van der Waals surface area contributed by atoms with Crippen molar-refractivity contribution in [3.63, 3.8) is 0 Å². The molecule has 0 atom stereocenters. The molecule has 1 amide bonds. The Kier molecular flexibility index (Phi) is 5.65. The number of amides is 1. The van der Waals surface area contributed by atoms with Crippen LogP contribution in [0.4, 0.5) is 5.00 Å². The first kappa shape index (κ1) is 18.1. The Hall–Kier alpha value is -2.71. The van der Waals surface area contributed by atoms with Gasteiger partial charge in [0.15, 0.2) is 11.9 Å². The minimum Gasteiger partial charge on any atom is -0.503 e. The van der Waals surface area contributed by atoms with Crippen molar-refractivity contribution in [2.75, 3.05) is 11.9 Å². The van der Waals surface area contributed by atoms with Crippen LogP contribution in [0.2, 0.25) is 0 Å². The van der Waals surface area contributed by atoms with Gasteiger partial charge in [-0.15, -0.1) is 22.7 Å². The second-order valence-electron chi connectivity index (χ2n) is 5.33. The Morgan fingerprint density at radius 2 is 2.12 bits per heavy atom. The zero-order valence-corrected chi connectivity index (χ0v) is 15.6. The second kappa shape index (κ2) is 8.11. The molecule has 0 radical (unpaired) electrons. The average molecular weight is 389 g/mol. The van der Waals surface area contributed by atoms with E-state index in [4.69, 9.17) is 4.74 Å². The summed E-state index contributed by atoms with van der Waals surface area (Å²) in [6, 6.07) is 7.00. The highest BCUT2D eigenvalue weighted by atomic mass is 32.1. The van der Waals surface area contributed by atoms with Crippen LogP contribution in [0.15, 0.2) is 47.4 Å². The lowest BCUT2D eigenvalue weighted by atomic mass is 10.1. The number of aromatic hydroxyl groups is 1. The van der Waals surface area contributed by atoms with Gasteiger partial charge in [0.1, 0.15) is 10.6 Å². The van der Waals surface area contributed by atoms with Gasteiger partial charge in [0.2, 0.25) is 12.7 Å². The molecule has 8 heteroatoms. The SMILES string of the molecule is CCOC(=O)c1c(-c2cccs2)csc1NC(=O)C[n+]1cccc(O)c1. The predicted octanol–water partition coefficient (Wildman–Crippen LogP) is 3.29. The van der Waals surface area contributed by atoms with Crippen LogP contribution in [-0.4, -0.2) is 23.6 Å². The van der Waals surface area contributed by atoms with E-state index < -0.39 is 5.97 Å². The van der Waals surface area contributed by atoms with Crippen molar-refractivity contribution in [3.05, 3.63) is 53.0 Å². The number of hydrogen-bond acceptors (Lipinski definition) is 6. The summed E-state index contributed by atoms with van der Waals surface area (Å²) in [6.07, 6.45) is 3.13. The van der Waals surface area contributed by atoms with Crippen molar-refractivity contribution in [2.45, 2.75) is 13.5 Å². The van der Waals surface area contributed by atoms with E-state index in [1.807, 2.05) is 22.9 Å². The lowest BCUT2D eigenvalue weighted by Gasteiger charge is -2.07. The van der Waals surface area contributed by atoms with Gasteiger partial charge < -0.3 is 15.2 Å². The minimum absolute atomic E-state index is 0.0168. The zero-order chi connectivity index (χ0) is 18.5. The molecule has 0 saturated heterocycles. The van der Waals surface area contributed by atoms with E-state index in [-0.39, 0.29) is 24.8 Å². The highest BCUT2D eigenvalue weighted by Crippen LogP contribution is 2.38. The summed E-state index contributed by atoms with van der Waals surface area (Å²) in [6.45, 7) is 2.01. The van der Waals surface area contributed by atoms with Crippen LogP contribution in [0.25, 0.3) is 10.4 Å². The first-order chi connectivity index (χ1) is 12.6. The number of carbonyl (C=O) groups is 2. The molecule has 134 valence electrons. The minimum atomic E-state index is -0.461. The van der Waals surface area contributed by atoms with Crippen LogP contribution in [0.5, 0.6) is 5.75 Å². The molecular formula is C18H17N2O4S2+. The Balaban J connectivity index is 1.85. The van der Waals surface area contributed by atoms with Gasteiger partial charge in [0, 0.05) is 21.9 Å². The number of thiophene rings is 2. The zero-order valence-electron chi connectivity index (χ0n) is 14.0. The van der Waals surface area contributed by atoms with Crippen molar-refractivity contribution in [1.82, 2.24) is 0 Å². The molecule has 0 fully saturated rings. The highest BCUT2D eigenvalue weighted by molar-refractivity contribution is 7.17. The summed E-state index contributed by atoms with van der Waals surface area (Å²) in [4.78, 5) is 25.7. The van der Waals surface area contributed by atoms with E-state index >= 15 is 0 Å². The number of ether oxygens (including phenoxy) is 1. The predicted molar refractivity (Wildman–Crippen MR) is 101 cm³/mol. The van der Waals surface area contributed by atoms with E-state index in [0.717, 1.165) is 10.4 Å². The number of nitrogens with zero attached hydrogens (tertiary/aromatic N) is 1. The lowest BCUT2D eigenvalue weighted by molar-refractivity contribution is -0.684. The summed E-state index contributed by atoms with van der Waals surface area (Å²) in [7, 11) is 0. The number of hydrogen-bond donors (Lipinski definition) is 2. The quantitative estimate of drug-likeness (QED) is 0.501. The third kappa shape index (κ3) is 4.09. The molecule has 0 aromatic carbocycles. The first-order valence-electron chi connectivity index (χ1n) is 7.89. The molecule has 3 heterocycles. The molecule has 0 spiro atoms. The molecule has 0 aliphatic rings. The van der Waals surface area contributed by atoms with Crippen LogP contribution < -0.4 is 9.88 Å². The van der Waals surface area contributed by atoms with Crippen molar-refractivity contribution < 1.29 is 24.0 Å². The van der Waals surface area contributed by atoms with E-state index in [1.54, 1.807) is 23.8 Å². The number of carbonyl (C=O) groups excluding carboxylic acids is 2. The van der Waals surface area contributed by atoms with Gasteiger partial charge in [-0.2, -0.15) is 4.57 Å². The van der Waals surface area contributed by atoms with Gasteiger partial charge >= 0.3 is 5.97 Å². The molecule has 26 heavy (non-hydrogen) atoms. The third-order valence-electron chi connectivity index (χ3n) is 3.48. The molecule has 0 aliphatic carbocycles. The van der Waals surface area contributed by atoms with Crippen LogP contribution in [0.3, 0.4) is 0 Å². The van der Waals surface area contributed by atoms with Crippen LogP contribution >= 0.6 is 22.7 Å². The molecular weight excluding hydrogens is 372 g/mol. The molecule has 0 bridgehead atoms. The Morgan fingerprint density at radius 3 is 2.81 bits per heavy atom. The van der Waals surface area contributed by atoms with Gasteiger partial charge in [-0.3, -0.25) is 4.79 Å². The number of pyridine rings is 1. The second-order valence-corrected chi connectivity index (χ2v) is 7.16. The number of rotatable bonds is 6. The van der Waals surface area contributed by atoms with E-state index in [1.165, 1.54) is 34.9 Å². The normalized spacial score (nSPS) is 10.5. The summed E-state index contributed by atoms with van der Waals surface area (Å²) in [5, 5.41) is 16.5. The fraction of sp³-hybridized carbons (Fsp3) is 0.167. The van der Waals surface area contributed by atoms with Gasteiger partial charge in [-0.1, -0.05) is 6.07 Å². The molecule has 0 unspecified atom stereocenters. The fourth-order valence-corrected chi connectivity index (χ4v) is 4.20. The molecule has 0 aliphatic heterocycles. The number of nitrogens with one attached hydrogen (secondary N) is 1. The standard InChI is InChI=1S/C18H16N2O4S2/c1-2-24-18(23)16-13(14-6-4-8-25-14)11-26-17(16)19-15(22)10-20-7-3-5-12(21)9-20/h3-9,11H,2,10H2,1H3,(H-,19,21,22,23)/p+1. The van der Waals surface area contributed by atoms with Crippen molar-refractivity contribution >= 4 is 39.6 Å². The molecule has 2 N–H and O–H groups in total. The lowest BCUT2D eigenvalue weighted by Crippen LogP contribution is -2.39. The number of anilines is 1. The van der Waals surface area contributed by atoms with Crippen LogP contribution in [-0.2, 0) is 16.1 Å². The fourth-order valence-electron chi connectivity index (χ4n) is 2.41. The summed E-state index contributed by atoms with van der Waals surface area (Å²) in [5.41, 5.74) is 1.12. The van der Waals surface area contributed by atoms with E-state index in [0.29, 0.717) is 10.6 Å². The summed E-state index contributed by atoms with van der Waals surface area (Å²) in [5.74, 6) is -0.688. The van der Waals surface area contributed by atoms with Crippen molar-refractivity contribution in [2.24, 2.45) is 0 Å². The Morgan fingerprint density at radius 1 is 1.27 bits per heavy atom. The van der Waals surface area contributed by atoms with Gasteiger partial charge in [-0.05, 0) is 24.4 Å². The smallest absolute Gasteiger partial charge is 0.341 e. The summed E-state index contributed by atoms with van der Waals surface area (Å²) < 4.78 is 6.72. The first-order valence-corrected chi connectivity index (χ1v) is 9.64. The maximum Gasteiger partial charge on any atom is 0.341 e.